The summed E-state index contributed by atoms with van der Waals surface area (Å²) < 4.78 is 9.75. The van der Waals surface area contributed by atoms with Crippen LogP contribution in [0.15, 0.2) is 40.9 Å². The average Bonchev–Trinajstić information content (AvgIpc) is 2.79. The van der Waals surface area contributed by atoms with Crippen molar-refractivity contribution in [3.05, 3.63) is 53.4 Å². The molecule has 0 saturated carbocycles. The van der Waals surface area contributed by atoms with Crippen molar-refractivity contribution in [1.29, 1.82) is 0 Å². The zero-order valence-electron chi connectivity index (χ0n) is 9.55. The fourth-order valence-corrected chi connectivity index (χ4v) is 1.50. The Morgan fingerprint density at radius 1 is 1.35 bits per heavy atom. The second kappa shape index (κ2) is 5.30. The third kappa shape index (κ3) is 2.93. The minimum absolute atomic E-state index is 0.151. The van der Waals surface area contributed by atoms with E-state index < -0.39 is 5.97 Å². The fourth-order valence-electron chi connectivity index (χ4n) is 1.50. The van der Waals surface area contributed by atoms with Crippen LogP contribution in [0.4, 0.5) is 0 Å². The molecule has 88 valence electrons. The van der Waals surface area contributed by atoms with E-state index >= 15 is 0 Å². The van der Waals surface area contributed by atoms with E-state index in [4.69, 9.17) is 9.26 Å². The first-order chi connectivity index (χ1) is 8.29. The van der Waals surface area contributed by atoms with E-state index in [0.717, 1.165) is 11.3 Å². The van der Waals surface area contributed by atoms with E-state index in [-0.39, 0.29) is 5.76 Å². The summed E-state index contributed by atoms with van der Waals surface area (Å²) in [6, 6.07) is 11.5. The first-order valence-electron chi connectivity index (χ1n) is 5.46. The molecule has 2 rings (SSSR count). The second-order valence-corrected chi connectivity index (χ2v) is 3.57. The van der Waals surface area contributed by atoms with Gasteiger partial charge in [-0.2, -0.15) is 0 Å². The van der Waals surface area contributed by atoms with Gasteiger partial charge in [0.2, 0.25) is 5.76 Å². The van der Waals surface area contributed by atoms with Crippen LogP contribution in [0.25, 0.3) is 0 Å². The van der Waals surface area contributed by atoms with Gasteiger partial charge in [-0.15, -0.1) is 0 Å². The van der Waals surface area contributed by atoms with E-state index in [1.807, 2.05) is 30.3 Å². The maximum atomic E-state index is 11.4. The number of carbonyl (C=O) groups is 1. The van der Waals surface area contributed by atoms with Crippen LogP contribution >= 0.6 is 0 Å². The highest BCUT2D eigenvalue weighted by Gasteiger charge is 2.13. The summed E-state index contributed by atoms with van der Waals surface area (Å²) in [5, 5.41) is 3.84. The lowest BCUT2D eigenvalue weighted by Gasteiger charge is -1.95. The third-order valence-corrected chi connectivity index (χ3v) is 2.26. The lowest BCUT2D eigenvalue weighted by atomic mass is 10.1. The molecule has 0 saturated heterocycles. The molecular formula is C13H13NO3. The summed E-state index contributed by atoms with van der Waals surface area (Å²) in [5.74, 6) is -0.322. The minimum Gasteiger partial charge on any atom is -0.460 e. The average molecular weight is 231 g/mol. The van der Waals surface area contributed by atoms with Gasteiger partial charge in [-0.1, -0.05) is 35.5 Å². The number of benzene rings is 1. The van der Waals surface area contributed by atoms with Crippen LogP contribution in [0.5, 0.6) is 0 Å². The number of hydrogen-bond acceptors (Lipinski definition) is 4. The van der Waals surface area contributed by atoms with Gasteiger partial charge in [0, 0.05) is 12.5 Å². The van der Waals surface area contributed by atoms with Gasteiger partial charge in [-0.05, 0) is 12.5 Å². The Bertz CT molecular complexity index is 490. The molecule has 0 amide bonds. The van der Waals surface area contributed by atoms with Gasteiger partial charge >= 0.3 is 5.97 Å². The molecule has 0 fully saturated rings. The smallest absolute Gasteiger partial charge is 0.377 e. The summed E-state index contributed by atoms with van der Waals surface area (Å²) in [6.07, 6.45) is 0.643. The first-order valence-corrected chi connectivity index (χ1v) is 5.46. The van der Waals surface area contributed by atoms with E-state index in [0.29, 0.717) is 13.0 Å². The lowest BCUT2D eigenvalue weighted by molar-refractivity contribution is 0.0479. The molecule has 0 radical (unpaired) electrons. The molecule has 2 aromatic rings. The summed E-state index contributed by atoms with van der Waals surface area (Å²) in [7, 11) is 0. The number of hydrogen-bond donors (Lipinski definition) is 0. The van der Waals surface area contributed by atoms with E-state index in [1.54, 1.807) is 13.0 Å². The van der Waals surface area contributed by atoms with Gasteiger partial charge in [-0.25, -0.2) is 4.79 Å². The van der Waals surface area contributed by atoms with Gasteiger partial charge in [0.25, 0.3) is 0 Å². The quantitative estimate of drug-likeness (QED) is 0.758. The van der Waals surface area contributed by atoms with Crippen molar-refractivity contribution in [2.45, 2.75) is 13.3 Å². The number of aromatic nitrogens is 1. The van der Waals surface area contributed by atoms with Crippen LogP contribution in [-0.2, 0) is 11.2 Å². The van der Waals surface area contributed by atoms with Gasteiger partial charge in [0.1, 0.15) is 0 Å². The highest BCUT2D eigenvalue weighted by Crippen LogP contribution is 2.10. The van der Waals surface area contributed by atoms with Crippen molar-refractivity contribution >= 4 is 5.97 Å². The molecule has 0 aliphatic rings. The number of carbonyl (C=O) groups excluding carboxylic acids is 1. The van der Waals surface area contributed by atoms with Crippen LogP contribution in [0, 0.1) is 0 Å². The predicted molar refractivity (Wildman–Crippen MR) is 61.7 cm³/mol. The molecule has 1 aromatic heterocycles. The highest BCUT2D eigenvalue weighted by atomic mass is 16.6. The van der Waals surface area contributed by atoms with Gasteiger partial charge in [-0.3, -0.25) is 0 Å². The van der Waals surface area contributed by atoms with Crippen molar-refractivity contribution in [3.8, 4) is 0 Å². The zero-order valence-corrected chi connectivity index (χ0v) is 9.55. The number of nitrogens with zero attached hydrogens (tertiary/aromatic N) is 1. The molecule has 1 aromatic carbocycles. The Morgan fingerprint density at radius 3 is 2.82 bits per heavy atom. The second-order valence-electron chi connectivity index (χ2n) is 3.57. The van der Waals surface area contributed by atoms with E-state index in [1.165, 1.54) is 0 Å². The molecule has 0 aliphatic heterocycles. The Morgan fingerprint density at radius 2 is 2.12 bits per heavy atom. The molecule has 1 heterocycles. The van der Waals surface area contributed by atoms with Crippen LogP contribution < -0.4 is 0 Å². The number of esters is 1. The first kappa shape index (κ1) is 11.4. The fraction of sp³-hybridized carbons (Fsp3) is 0.231. The van der Waals surface area contributed by atoms with Crippen LogP contribution in [0.3, 0.4) is 0 Å². The molecule has 0 N–H and O–H groups in total. The summed E-state index contributed by atoms with van der Waals surface area (Å²) in [5.41, 5.74) is 1.84. The molecule has 17 heavy (non-hydrogen) atoms. The normalized spacial score (nSPS) is 10.2. The maximum absolute atomic E-state index is 11.4. The van der Waals surface area contributed by atoms with E-state index in [9.17, 15) is 4.79 Å². The van der Waals surface area contributed by atoms with Crippen LogP contribution in [0.1, 0.15) is 28.7 Å². The lowest BCUT2D eigenvalue weighted by Crippen LogP contribution is -2.02. The Balaban J connectivity index is 2.06. The van der Waals surface area contributed by atoms with Crippen LogP contribution in [0.2, 0.25) is 0 Å². The largest absolute Gasteiger partial charge is 0.460 e. The van der Waals surface area contributed by atoms with Crippen molar-refractivity contribution in [3.63, 3.8) is 0 Å². The predicted octanol–water partition coefficient (Wildman–Crippen LogP) is 2.44. The van der Waals surface area contributed by atoms with Crippen molar-refractivity contribution in [1.82, 2.24) is 5.16 Å². The summed E-state index contributed by atoms with van der Waals surface area (Å²) in [4.78, 5) is 11.4. The Labute approximate surface area is 99.2 Å². The van der Waals surface area contributed by atoms with Crippen LogP contribution in [-0.4, -0.2) is 17.7 Å². The molecule has 0 unspecified atom stereocenters. The minimum atomic E-state index is -0.473. The monoisotopic (exact) mass is 231 g/mol. The standard InChI is InChI=1S/C13H13NO3/c1-2-16-13(15)12-9-11(14-17-12)8-10-6-4-3-5-7-10/h3-7,9H,2,8H2,1H3. The molecule has 4 nitrogen and oxygen atoms in total. The zero-order chi connectivity index (χ0) is 12.1. The van der Waals surface area contributed by atoms with Gasteiger partial charge in [0.05, 0.1) is 12.3 Å². The number of ether oxygens (including phenoxy) is 1. The topological polar surface area (TPSA) is 52.3 Å². The Kier molecular flexibility index (Phi) is 3.55. The SMILES string of the molecule is CCOC(=O)c1cc(Cc2ccccc2)no1. The molecular weight excluding hydrogens is 218 g/mol. The maximum Gasteiger partial charge on any atom is 0.377 e. The van der Waals surface area contributed by atoms with Gasteiger partial charge < -0.3 is 9.26 Å². The molecule has 0 bridgehead atoms. The highest BCUT2D eigenvalue weighted by molar-refractivity contribution is 5.86. The summed E-state index contributed by atoms with van der Waals surface area (Å²) in [6.45, 7) is 2.08. The van der Waals surface area contributed by atoms with Crippen molar-refractivity contribution in [2.75, 3.05) is 6.61 Å². The summed E-state index contributed by atoms with van der Waals surface area (Å²) >= 11 is 0. The van der Waals surface area contributed by atoms with E-state index in [2.05, 4.69) is 5.16 Å². The van der Waals surface area contributed by atoms with Crippen molar-refractivity contribution < 1.29 is 14.1 Å². The van der Waals surface area contributed by atoms with Gasteiger partial charge in [0.15, 0.2) is 0 Å². The van der Waals surface area contributed by atoms with Crippen molar-refractivity contribution in [2.24, 2.45) is 0 Å². The molecule has 0 spiro atoms. The molecule has 4 heteroatoms. The number of rotatable bonds is 4. The third-order valence-electron chi connectivity index (χ3n) is 2.26. The molecule has 0 atom stereocenters. The molecule has 0 aliphatic carbocycles. The Hall–Kier alpha value is -2.10.